The Kier molecular flexibility index (Phi) is 3.23. The Bertz CT molecular complexity index is 1220. The van der Waals surface area contributed by atoms with Crippen molar-refractivity contribution in [2.75, 3.05) is 5.32 Å². The van der Waals surface area contributed by atoms with Crippen LogP contribution >= 0.6 is 11.3 Å². The van der Waals surface area contributed by atoms with Gasteiger partial charge < -0.3 is 14.7 Å². The zero-order chi connectivity index (χ0) is 17.8. The fourth-order valence-corrected chi connectivity index (χ4v) is 3.73. The van der Waals surface area contributed by atoms with Crippen molar-refractivity contribution in [1.82, 2.24) is 14.4 Å². The third kappa shape index (κ3) is 2.59. The van der Waals surface area contributed by atoms with Gasteiger partial charge in [0.2, 0.25) is 5.91 Å². The third-order valence-corrected chi connectivity index (χ3v) is 5.37. The molecular weight excluding hydrogens is 355 g/mol. The number of hydrogen-bond donors (Lipinski definition) is 2. The van der Waals surface area contributed by atoms with Crippen LogP contribution < -0.4 is 10.2 Å². The number of hydrogen-bond acceptors (Lipinski definition) is 4. The zero-order valence-corrected chi connectivity index (χ0v) is 14.2. The number of benzene rings is 1. The topological polar surface area (TPSA) is 79.3 Å². The number of amides is 1. The van der Waals surface area contributed by atoms with E-state index in [1.165, 1.54) is 11.3 Å². The smallest absolute Gasteiger partial charge is 0.305 e. The first-order chi connectivity index (χ1) is 12.6. The van der Waals surface area contributed by atoms with Crippen LogP contribution in [0.15, 0.2) is 47.5 Å². The van der Waals surface area contributed by atoms with E-state index in [0.717, 1.165) is 21.3 Å². The number of halogens is 1. The van der Waals surface area contributed by atoms with Crippen LogP contribution in [-0.4, -0.2) is 26.4 Å². The number of anilines is 1. The molecule has 130 valence electrons. The molecule has 1 aliphatic rings. The summed E-state index contributed by atoms with van der Waals surface area (Å²) in [6, 6.07) is 9.59. The van der Waals surface area contributed by atoms with E-state index in [9.17, 15) is 14.0 Å². The molecule has 0 radical (unpaired) electrons. The highest BCUT2D eigenvalue weighted by molar-refractivity contribution is 7.16. The van der Waals surface area contributed by atoms with Gasteiger partial charge in [-0.2, -0.15) is 0 Å². The Morgan fingerprint density at radius 2 is 2.08 bits per heavy atom. The molecule has 0 spiro atoms. The maximum atomic E-state index is 13.0. The van der Waals surface area contributed by atoms with Crippen molar-refractivity contribution in [3.05, 3.63) is 52.4 Å². The number of aromatic nitrogens is 3. The molecule has 4 aromatic rings. The molecule has 1 fully saturated rings. The molecule has 1 aliphatic carbocycles. The lowest BCUT2D eigenvalue weighted by Crippen LogP contribution is -2.15. The molecule has 26 heavy (non-hydrogen) atoms. The van der Waals surface area contributed by atoms with Crippen LogP contribution in [0.5, 0.6) is 0 Å². The second kappa shape index (κ2) is 5.50. The van der Waals surface area contributed by atoms with Crippen molar-refractivity contribution in [2.45, 2.75) is 12.6 Å². The van der Waals surface area contributed by atoms with E-state index in [1.54, 1.807) is 6.20 Å². The molecule has 1 amide bonds. The molecular formula is C18H13FN4O2S. The van der Waals surface area contributed by atoms with Crippen molar-refractivity contribution < 1.29 is 9.18 Å². The average Bonchev–Trinajstić information content (AvgIpc) is 3.04. The first-order valence-electron chi connectivity index (χ1n) is 8.14. The van der Waals surface area contributed by atoms with Gasteiger partial charge in [-0.15, -0.1) is 0 Å². The van der Waals surface area contributed by atoms with E-state index in [-0.39, 0.29) is 17.2 Å². The summed E-state index contributed by atoms with van der Waals surface area (Å²) >= 11 is 1.18. The lowest BCUT2D eigenvalue weighted by atomic mass is 10.1. The Balaban J connectivity index is 1.48. The highest BCUT2D eigenvalue weighted by Crippen LogP contribution is 2.34. The number of fused-ring (bicyclic) bond motifs is 2. The second-order valence-electron chi connectivity index (χ2n) is 6.38. The fourth-order valence-electron chi connectivity index (χ4n) is 3.01. The molecule has 2 atom stereocenters. The van der Waals surface area contributed by atoms with Gasteiger partial charge in [-0.1, -0.05) is 17.4 Å². The Hall–Kier alpha value is -3.00. The van der Waals surface area contributed by atoms with Crippen molar-refractivity contribution in [3.63, 3.8) is 0 Å². The highest BCUT2D eigenvalue weighted by Gasteiger charge is 2.43. The predicted octanol–water partition coefficient (Wildman–Crippen LogP) is 3.20. The van der Waals surface area contributed by atoms with Gasteiger partial charge in [-0.05, 0) is 41.8 Å². The van der Waals surface area contributed by atoms with E-state index < -0.39 is 12.1 Å². The number of nitrogens with zero attached hydrogens (tertiary/aromatic N) is 2. The van der Waals surface area contributed by atoms with E-state index in [1.807, 2.05) is 40.9 Å². The fraction of sp³-hybridized carbons (Fsp3) is 0.167. The van der Waals surface area contributed by atoms with E-state index in [4.69, 9.17) is 0 Å². The van der Waals surface area contributed by atoms with Crippen molar-refractivity contribution in [2.24, 2.45) is 5.92 Å². The van der Waals surface area contributed by atoms with Gasteiger partial charge in [0.25, 0.3) is 0 Å². The summed E-state index contributed by atoms with van der Waals surface area (Å²) in [6.45, 7) is 0. The van der Waals surface area contributed by atoms with Crippen molar-refractivity contribution >= 4 is 38.9 Å². The van der Waals surface area contributed by atoms with Crippen LogP contribution in [0.1, 0.15) is 6.42 Å². The molecule has 2 N–H and O–H groups in total. The van der Waals surface area contributed by atoms with Crippen molar-refractivity contribution in [3.8, 4) is 11.1 Å². The van der Waals surface area contributed by atoms with Gasteiger partial charge in [0, 0.05) is 6.20 Å². The molecule has 1 aromatic carbocycles. The normalized spacial score (nSPS) is 19.1. The molecule has 0 bridgehead atoms. The van der Waals surface area contributed by atoms with Gasteiger partial charge >= 0.3 is 4.87 Å². The summed E-state index contributed by atoms with van der Waals surface area (Å²) in [7, 11) is 0. The SMILES string of the molecule is O=C(Nc1cn2cc(-c3ccc4sc(=O)[nH]c4c3)ccc2n1)C1CC1F. The monoisotopic (exact) mass is 368 g/mol. The predicted molar refractivity (Wildman–Crippen MR) is 98.3 cm³/mol. The zero-order valence-electron chi connectivity index (χ0n) is 13.4. The minimum Gasteiger partial charge on any atom is -0.312 e. The quantitative estimate of drug-likeness (QED) is 0.583. The number of carbonyl (C=O) groups is 1. The van der Waals surface area contributed by atoms with Gasteiger partial charge in [0.05, 0.1) is 22.3 Å². The number of carbonyl (C=O) groups excluding carboxylic acids is 1. The molecule has 8 heteroatoms. The standard InChI is InChI=1S/C18H13FN4O2S/c19-12-6-11(12)17(24)22-15-8-23-7-10(2-4-16(23)21-15)9-1-3-14-13(5-9)20-18(25)26-14/h1-5,7-8,11-12H,6H2,(H,20,25)(H,22,24). The first kappa shape index (κ1) is 15.3. The first-order valence-corrected chi connectivity index (χ1v) is 8.95. The Morgan fingerprint density at radius 1 is 1.27 bits per heavy atom. The number of H-pyrrole nitrogens is 1. The summed E-state index contributed by atoms with van der Waals surface area (Å²) in [4.78, 5) is 30.4. The maximum Gasteiger partial charge on any atom is 0.305 e. The summed E-state index contributed by atoms with van der Waals surface area (Å²) in [5, 5.41) is 2.66. The molecule has 2 unspecified atom stereocenters. The number of imidazole rings is 1. The largest absolute Gasteiger partial charge is 0.312 e. The number of nitrogens with one attached hydrogen (secondary N) is 2. The van der Waals surface area contributed by atoms with Crippen LogP contribution in [-0.2, 0) is 4.79 Å². The average molecular weight is 368 g/mol. The summed E-state index contributed by atoms with van der Waals surface area (Å²) in [5.74, 6) is -0.466. The summed E-state index contributed by atoms with van der Waals surface area (Å²) in [5.41, 5.74) is 3.40. The van der Waals surface area contributed by atoms with Gasteiger partial charge in [0.1, 0.15) is 11.8 Å². The molecule has 6 nitrogen and oxygen atoms in total. The number of aromatic amines is 1. The lowest BCUT2D eigenvalue weighted by Gasteiger charge is -2.03. The number of alkyl halides is 1. The van der Waals surface area contributed by atoms with Crippen LogP contribution in [0.4, 0.5) is 10.2 Å². The molecule has 3 aromatic heterocycles. The lowest BCUT2D eigenvalue weighted by molar-refractivity contribution is -0.117. The third-order valence-electron chi connectivity index (χ3n) is 4.50. The second-order valence-corrected chi connectivity index (χ2v) is 7.40. The molecule has 0 saturated heterocycles. The maximum absolute atomic E-state index is 13.0. The highest BCUT2D eigenvalue weighted by atomic mass is 32.1. The molecule has 1 saturated carbocycles. The van der Waals surface area contributed by atoms with E-state index in [0.29, 0.717) is 11.5 Å². The minimum absolute atomic E-state index is 0.0752. The van der Waals surface area contributed by atoms with E-state index in [2.05, 4.69) is 15.3 Å². The number of thiazole rings is 1. The Morgan fingerprint density at radius 3 is 2.88 bits per heavy atom. The number of rotatable bonds is 3. The summed E-state index contributed by atoms with van der Waals surface area (Å²) < 4.78 is 15.7. The Labute approximate surface area is 150 Å². The van der Waals surface area contributed by atoms with E-state index >= 15 is 0 Å². The van der Waals surface area contributed by atoms with Crippen LogP contribution in [0.25, 0.3) is 27.0 Å². The van der Waals surface area contributed by atoms with Crippen LogP contribution in [0.2, 0.25) is 0 Å². The van der Waals surface area contributed by atoms with Crippen molar-refractivity contribution in [1.29, 1.82) is 0 Å². The van der Waals surface area contributed by atoms with Gasteiger partial charge in [0.15, 0.2) is 5.82 Å². The number of pyridine rings is 1. The summed E-state index contributed by atoms with van der Waals surface area (Å²) in [6.07, 6.45) is 2.86. The molecule has 0 aliphatic heterocycles. The van der Waals surface area contributed by atoms with Gasteiger partial charge in [-0.3, -0.25) is 9.59 Å². The molecule has 3 heterocycles. The van der Waals surface area contributed by atoms with Crippen LogP contribution in [0, 0.1) is 5.92 Å². The van der Waals surface area contributed by atoms with Gasteiger partial charge in [-0.25, -0.2) is 9.37 Å². The minimum atomic E-state index is -1.03. The molecule has 5 rings (SSSR count). The van der Waals surface area contributed by atoms with Crippen LogP contribution in [0.3, 0.4) is 0 Å².